The Balaban J connectivity index is 1.95. The zero-order chi connectivity index (χ0) is 15.1. The third-order valence-corrected chi connectivity index (χ3v) is 2.98. The van der Waals surface area contributed by atoms with Crippen LogP contribution in [0.3, 0.4) is 0 Å². The molecule has 1 N–H and O–H groups in total. The number of anilines is 1. The molecule has 0 radical (unpaired) electrons. The second-order valence-corrected chi connectivity index (χ2v) is 4.65. The van der Waals surface area contributed by atoms with Gasteiger partial charge in [-0.2, -0.15) is 5.26 Å². The van der Waals surface area contributed by atoms with Crippen molar-refractivity contribution in [1.82, 2.24) is 0 Å². The lowest BCUT2D eigenvalue weighted by Gasteiger charge is -2.09. The Hall–Kier alpha value is -2.54. The zero-order valence-electron chi connectivity index (χ0n) is 11.9. The van der Waals surface area contributed by atoms with Gasteiger partial charge in [-0.05, 0) is 42.3 Å². The normalized spacial score (nSPS) is 9.95. The SMILES string of the molecule is CCCOc1ccc(CNc2ccc(C#N)cc2F)cc1. The van der Waals surface area contributed by atoms with E-state index in [1.807, 2.05) is 30.3 Å². The van der Waals surface area contributed by atoms with E-state index in [0.29, 0.717) is 24.4 Å². The maximum Gasteiger partial charge on any atom is 0.147 e. The molecule has 2 aromatic rings. The monoisotopic (exact) mass is 284 g/mol. The average molecular weight is 284 g/mol. The number of hydrogen-bond acceptors (Lipinski definition) is 3. The molecule has 0 atom stereocenters. The maximum absolute atomic E-state index is 13.7. The second kappa shape index (κ2) is 7.30. The van der Waals surface area contributed by atoms with Gasteiger partial charge in [-0.3, -0.25) is 0 Å². The van der Waals surface area contributed by atoms with Crippen molar-refractivity contribution < 1.29 is 9.13 Å². The van der Waals surface area contributed by atoms with Crippen LogP contribution in [-0.2, 0) is 6.54 Å². The highest BCUT2D eigenvalue weighted by atomic mass is 19.1. The van der Waals surface area contributed by atoms with Crippen molar-refractivity contribution >= 4 is 5.69 Å². The maximum atomic E-state index is 13.7. The largest absolute Gasteiger partial charge is 0.494 e. The van der Waals surface area contributed by atoms with Crippen LogP contribution in [0, 0.1) is 17.1 Å². The Bertz CT molecular complexity index is 632. The van der Waals surface area contributed by atoms with Crippen LogP contribution in [0.4, 0.5) is 10.1 Å². The molecule has 0 spiro atoms. The first-order valence-electron chi connectivity index (χ1n) is 6.88. The summed E-state index contributed by atoms with van der Waals surface area (Å²) in [5.41, 5.74) is 1.73. The Morgan fingerprint density at radius 2 is 1.95 bits per heavy atom. The highest BCUT2D eigenvalue weighted by Crippen LogP contribution is 2.18. The van der Waals surface area contributed by atoms with Gasteiger partial charge < -0.3 is 10.1 Å². The fourth-order valence-electron chi connectivity index (χ4n) is 1.85. The van der Waals surface area contributed by atoms with E-state index in [0.717, 1.165) is 17.7 Å². The summed E-state index contributed by atoms with van der Waals surface area (Å²) < 4.78 is 19.2. The van der Waals surface area contributed by atoms with E-state index in [-0.39, 0.29) is 0 Å². The summed E-state index contributed by atoms with van der Waals surface area (Å²) in [6.45, 7) is 3.27. The number of benzene rings is 2. The van der Waals surface area contributed by atoms with Crippen LogP contribution in [0.2, 0.25) is 0 Å². The van der Waals surface area contributed by atoms with Crippen LogP contribution >= 0.6 is 0 Å². The lowest BCUT2D eigenvalue weighted by atomic mass is 10.2. The van der Waals surface area contributed by atoms with Crippen molar-refractivity contribution in [2.24, 2.45) is 0 Å². The molecule has 0 aliphatic carbocycles. The predicted octanol–water partition coefficient (Wildman–Crippen LogP) is 4.10. The number of nitrogens with zero attached hydrogens (tertiary/aromatic N) is 1. The van der Waals surface area contributed by atoms with E-state index in [9.17, 15) is 4.39 Å². The Morgan fingerprint density at radius 3 is 2.57 bits per heavy atom. The van der Waals surface area contributed by atoms with Gasteiger partial charge in [-0.25, -0.2) is 4.39 Å². The van der Waals surface area contributed by atoms with Gasteiger partial charge >= 0.3 is 0 Å². The van der Waals surface area contributed by atoms with E-state index in [1.165, 1.54) is 6.07 Å². The summed E-state index contributed by atoms with van der Waals surface area (Å²) in [6, 6.07) is 14.0. The van der Waals surface area contributed by atoms with Crippen molar-refractivity contribution in [3.8, 4) is 11.8 Å². The molecular formula is C17H17FN2O. The molecule has 2 aromatic carbocycles. The molecule has 2 rings (SSSR count). The van der Waals surface area contributed by atoms with Crippen LogP contribution in [0.1, 0.15) is 24.5 Å². The van der Waals surface area contributed by atoms with Gasteiger partial charge in [0, 0.05) is 6.54 Å². The molecule has 0 aliphatic heterocycles. The minimum absolute atomic E-state index is 0.315. The third kappa shape index (κ3) is 4.22. The highest BCUT2D eigenvalue weighted by molar-refractivity contribution is 5.49. The van der Waals surface area contributed by atoms with E-state index < -0.39 is 5.82 Å². The average Bonchev–Trinajstić information content (AvgIpc) is 2.52. The Morgan fingerprint density at radius 1 is 1.19 bits per heavy atom. The summed E-state index contributed by atoms with van der Waals surface area (Å²) in [5.74, 6) is 0.419. The number of nitrogens with one attached hydrogen (secondary N) is 1. The molecule has 0 bridgehead atoms. The summed E-state index contributed by atoms with van der Waals surface area (Å²) >= 11 is 0. The highest BCUT2D eigenvalue weighted by Gasteiger charge is 2.03. The second-order valence-electron chi connectivity index (χ2n) is 4.65. The quantitative estimate of drug-likeness (QED) is 0.868. The summed E-state index contributed by atoms with van der Waals surface area (Å²) in [7, 11) is 0. The van der Waals surface area contributed by atoms with Gasteiger partial charge in [-0.1, -0.05) is 19.1 Å². The number of ether oxygens (including phenoxy) is 1. The van der Waals surface area contributed by atoms with Crippen molar-refractivity contribution in [1.29, 1.82) is 5.26 Å². The minimum atomic E-state index is -0.419. The third-order valence-electron chi connectivity index (χ3n) is 2.98. The standard InChI is InChI=1S/C17H17FN2O/c1-2-9-21-15-6-3-13(4-7-15)12-20-17-8-5-14(11-19)10-16(17)18/h3-8,10,20H,2,9,12H2,1H3. The van der Waals surface area contributed by atoms with Gasteiger partial charge in [-0.15, -0.1) is 0 Å². The molecule has 108 valence electrons. The number of halogens is 1. The molecule has 0 heterocycles. The first kappa shape index (κ1) is 14.9. The minimum Gasteiger partial charge on any atom is -0.494 e. The predicted molar refractivity (Wildman–Crippen MR) is 80.7 cm³/mol. The Kier molecular flexibility index (Phi) is 5.16. The lowest BCUT2D eigenvalue weighted by molar-refractivity contribution is 0.317. The fraction of sp³-hybridized carbons (Fsp3) is 0.235. The number of hydrogen-bond donors (Lipinski definition) is 1. The molecule has 0 amide bonds. The van der Waals surface area contributed by atoms with Crippen LogP contribution in [0.5, 0.6) is 5.75 Å². The molecule has 21 heavy (non-hydrogen) atoms. The summed E-state index contributed by atoms with van der Waals surface area (Å²) in [6.07, 6.45) is 0.973. The van der Waals surface area contributed by atoms with Crippen LogP contribution in [0.15, 0.2) is 42.5 Å². The summed E-state index contributed by atoms with van der Waals surface area (Å²) in [5, 5.41) is 11.7. The Labute approximate surface area is 124 Å². The topological polar surface area (TPSA) is 45.0 Å². The van der Waals surface area contributed by atoms with Gasteiger partial charge in [0.1, 0.15) is 11.6 Å². The molecule has 4 heteroatoms. The van der Waals surface area contributed by atoms with Crippen molar-refractivity contribution in [2.45, 2.75) is 19.9 Å². The number of nitriles is 1. The smallest absolute Gasteiger partial charge is 0.147 e. The van der Waals surface area contributed by atoms with Crippen molar-refractivity contribution in [3.63, 3.8) is 0 Å². The molecule has 0 saturated carbocycles. The van der Waals surface area contributed by atoms with Gasteiger partial charge in [0.25, 0.3) is 0 Å². The van der Waals surface area contributed by atoms with E-state index in [1.54, 1.807) is 12.1 Å². The molecule has 0 saturated heterocycles. The van der Waals surface area contributed by atoms with Crippen molar-refractivity contribution in [3.05, 3.63) is 59.4 Å². The molecule has 0 unspecified atom stereocenters. The van der Waals surface area contributed by atoms with Gasteiger partial charge in [0.2, 0.25) is 0 Å². The van der Waals surface area contributed by atoms with Gasteiger partial charge in [0.05, 0.1) is 23.9 Å². The molecule has 3 nitrogen and oxygen atoms in total. The zero-order valence-corrected chi connectivity index (χ0v) is 11.9. The van der Waals surface area contributed by atoms with E-state index in [2.05, 4.69) is 12.2 Å². The van der Waals surface area contributed by atoms with Crippen LogP contribution in [0.25, 0.3) is 0 Å². The molecule has 0 aromatic heterocycles. The number of rotatable bonds is 6. The van der Waals surface area contributed by atoms with Gasteiger partial charge in [0.15, 0.2) is 0 Å². The lowest BCUT2D eigenvalue weighted by Crippen LogP contribution is -2.02. The van der Waals surface area contributed by atoms with Crippen LogP contribution < -0.4 is 10.1 Å². The molecule has 0 aliphatic rings. The van der Waals surface area contributed by atoms with Crippen molar-refractivity contribution in [2.75, 3.05) is 11.9 Å². The molecular weight excluding hydrogens is 267 g/mol. The van der Waals surface area contributed by atoms with E-state index in [4.69, 9.17) is 10.00 Å². The van der Waals surface area contributed by atoms with E-state index >= 15 is 0 Å². The fourth-order valence-corrected chi connectivity index (χ4v) is 1.85. The summed E-state index contributed by atoms with van der Waals surface area (Å²) in [4.78, 5) is 0. The van der Waals surface area contributed by atoms with Crippen LogP contribution in [-0.4, -0.2) is 6.61 Å². The first-order valence-corrected chi connectivity index (χ1v) is 6.88. The first-order chi connectivity index (χ1) is 10.2. The molecule has 0 fully saturated rings.